The molecule has 0 spiro atoms. The monoisotopic (exact) mass is 394 g/mol. The van der Waals surface area contributed by atoms with Gasteiger partial charge in [-0.05, 0) is 29.0 Å². The molecule has 0 saturated heterocycles. The first-order chi connectivity index (χ1) is 13.7. The highest BCUT2D eigenvalue weighted by molar-refractivity contribution is 6.02. The summed E-state index contributed by atoms with van der Waals surface area (Å²) in [6.45, 7) is 4.11. The molecule has 1 aliphatic heterocycles. The smallest absolute Gasteiger partial charge is 0.312 e. The van der Waals surface area contributed by atoms with Crippen molar-refractivity contribution in [2.75, 3.05) is 6.54 Å². The number of rotatable bonds is 2. The first-order valence-corrected chi connectivity index (χ1v) is 9.55. The number of pyridine rings is 1. The number of hydrogen-bond donors (Lipinski definition) is 2. The third-order valence-electron chi connectivity index (χ3n) is 5.73. The van der Waals surface area contributed by atoms with Gasteiger partial charge in [-0.1, -0.05) is 38.1 Å². The zero-order valence-electron chi connectivity index (χ0n) is 16.3. The Morgan fingerprint density at radius 2 is 1.90 bits per heavy atom. The van der Waals surface area contributed by atoms with Crippen LogP contribution in [0.5, 0.6) is 0 Å². The summed E-state index contributed by atoms with van der Waals surface area (Å²) in [6, 6.07) is 8.48. The van der Waals surface area contributed by atoms with Crippen molar-refractivity contribution in [2.24, 2.45) is 5.41 Å². The Morgan fingerprint density at radius 1 is 1.17 bits per heavy atom. The van der Waals surface area contributed by atoms with Gasteiger partial charge in [0, 0.05) is 30.8 Å². The van der Waals surface area contributed by atoms with E-state index in [9.17, 15) is 24.3 Å². The molecule has 2 aliphatic rings. The first kappa shape index (κ1) is 19.1. The third-order valence-corrected chi connectivity index (χ3v) is 5.73. The normalized spacial score (nSPS) is 20.0. The Balaban J connectivity index is 1.71. The van der Waals surface area contributed by atoms with Crippen LogP contribution in [-0.2, 0) is 17.8 Å². The summed E-state index contributed by atoms with van der Waals surface area (Å²) in [7, 11) is 0. The van der Waals surface area contributed by atoms with Gasteiger partial charge in [-0.25, -0.2) is 0 Å². The molecular weight excluding hydrogens is 372 g/mol. The van der Waals surface area contributed by atoms with E-state index in [2.05, 4.69) is 4.98 Å². The largest absolute Gasteiger partial charge is 0.481 e. The van der Waals surface area contributed by atoms with Crippen molar-refractivity contribution in [1.29, 1.82) is 0 Å². The number of carbonyl (C=O) groups excluding carboxylic acids is 2. The van der Waals surface area contributed by atoms with E-state index in [1.54, 1.807) is 24.3 Å². The number of hydrogen-bond acceptors (Lipinski definition) is 4. The summed E-state index contributed by atoms with van der Waals surface area (Å²) in [5, 5.41) is 9.60. The molecule has 0 saturated carbocycles. The zero-order valence-corrected chi connectivity index (χ0v) is 16.3. The number of aromatic nitrogens is 1. The SMILES string of the molecule is CC1(C)CC(=O)c2cc(C(=O)N3Cc4ccccc4C(C(=O)O)C3)c(=O)[nH]c2C1. The molecule has 4 rings (SSSR count). The predicted octanol–water partition coefficient (Wildman–Crippen LogP) is 2.35. The Labute approximate surface area is 167 Å². The van der Waals surface area contributed by atoms with Crippen molar-refractivity contribution >= 4 is 17.7 Å². The highest BCUT2D eigenvalue weighted by Gasteiger charge is 2.36. The number of aliphatic carboxylic acids is 1. The van der Waals surface area contributed by atoms with Gasteiger partial charge in [-0.3, -0.25) is 19.2 Å². The van der Waals surface area contributed by atoms with Gasteiger partial charge in [0.25, 0.3) is 11.5 Å². The number of amides is 1. The Kier molecular flexibility index (Phi) is 4.41. The number of carboxylic acids is 1. The number of ketones is 1. The standard InChI is InChI=1S/C22H22N2O5/c1-22(2)8-17-14(18(25)9-22)7-15(19(26)23-17)20(27)24-10-12-5-3-4-6-13(12)16(11-24)21(28)29/h3-7,16H,8-11H2,1-2H3,(H,23,26)(H,28,29). The minimum atomic E-state index is -1.02. The van der Waals surface area contributed by atoms with E-state index < -0.39 is 23.4 Å². The van der Waals surface area contributed by atoms with E-state index in [0.717, 1.165) is 5.56 Å². The van der Waals surface area contributed by atoms with Crippen molar-refractivity contribution in [3.63, 3.8) is 0 Å². The fourth-order valence-corrected chi connectivity index (χ4v) is 4.33. The lowest BCUT2D eigenvalue weighted by atomic mass is 9.75. The van der Waals surface area contributed by atoms with Crippen LogP contribution in [0.4, 0.5) is 0 Å². The van der Waals surface area contributed by atoms with Gasteiger partial charge < -0.3 is 15.0 Å². The van der Waals surface area contributed by atoms with Gasteiger partial charge in [0.05, 0.1) is 5.92 Å². The van der Waals surface area contributed by atoms with Crippen LogP contribution in [0, 0.1) is 5.41 Å². The lowest BCUT2D eigenvalue weighted by Crippen LogP contribution is -2.43. The van der Waals surface area contributed by atoms with E-state index in [4.69, 9.17) is 0 Å². The van der Waals surface area contributed by atoms with E-state index in [1.807, 2.05) is 13.8 Å². The summed E-state index contributed by atoms with van der Waals surface area (Å²) >= 11 is 0. The molecule has 150 valence electrons. The lowest BCUT2D eigenvalue weighted by Gasteiger charge is -2.33. The van der Waals surface area contributed by atoms with Crippen LogP contribution in [-0.4, -0.2) is 39.2 Å². The molecule has 1 unspecified atom stereocenters. The molecule has 1 amide bonds. The molecule has 0 bridgehead atoms. The quantitative estimate of drug-likeness (QED) is 0.813. The summed E-state index contributed by atoms with van der Waals surface area (Å²) in [6.07, 6.45) is 0.897. The number of carbonyl (C=O) groups is 3. The number of fused-ring (bicyclic) bond motifs is 2. The molecule has 1 aliphatic carbocycles. The molecule has 0 fully saturated rings. The van der Waals surface area contributed by atoms with Gasteiger partial charge in [0.2, 0.25) is 0 Å². The maximum absolute atomic E-state index is 13.1. The molecule has 1 aromatic heterocycles. The van der Waals surface area contributed by atoms with Crippen LogP contribution < -0.4 is 5.56 Å². The number of H-pyrrole nitrogens is 1. The number of benzene rings is 1. The fraction of sp³-hybridized carbons (Fsp3) is 0.364. The summed E-state index contributed by atoms with van der Waals surface area (Å²) < 4.78 is 0. The van der Waals surface area contributed by atoms with Crippen molar-refractivity contribution in [1.82, 2.24) is 9.88 Å². The number of aromatic amines is 1. The molecule has 1 atom stereocenters. The fourth-order valence-electron chi connectivity index (χ4n) is 4.33. The number of carboxylic acid groups (broad SMARTS) is 1. The highest BCUT2D eigenvalue weighted by Crippen LogP contribution is 2.34. The molecule has 29 heavy (non-hydrogen) atoms. The van der Waals surface area contributed by atoms with Crippen LogP contribution >= 0.6 is 0 Å². The minimum absolute atomic E-state index is 0.0251. The second kappa shape index (κ2) is 6.69. The molecular formula is C22H22N2O5. The van der Waals surface area contributed by atoms with Gasteiger partial charge in [-0.15, -0.1) is 0 Å². The maximum atomic E-state index is 13.1. The highest BCUT2D eigenvalue weighted by atomic mass is 16.4. The summed E-state index contributed by atoms with van der Waals surface area (Å²) in [4.78, 5) is 54.1. The molecule has 7 nitrogen and oxygen atoms in total. The van der Waals surface area contributed by atoms with Crippen LogP contribution in [0.3, 0.4) is 0 Å². The Morgan fingerprint density at radius 3 is 2.62 bits per heavy atom. The van der Waals surface area contributed by atoms with Gasteiger partial charge in [0.1, 0.15) is 5.56 Å². The van der Waals surface area contributed by atoms with E-state index in [-0.39, 0.29) is 29.9 Å². The molecule has 1 aromatic carbocycles. The van der Waals surface area contributed by atoms with Crippen molar-refractivity contribution in [2.45, 2.75) is 39.2 Å². The van der Waals surface area contributed by atoms with Crippen molar-refractivity contribution in [3.8, 4) is 0 Å². The van der Waals surface area contributed by atoms with Crippen LogP contribution in [0.15, 0.2) is 35.1 Å². The first-order valence-electron chi connectivity index (χ1n) is 9.55. The van der Waals surface area contributed by atoms with Crippen LogP contribution in [0.25, 0.3) is 0 Å². The van der Waals surface area contributed by atoms with Gasteiger partial charge in [0.15, 0.2) is 5.78 Å². The Hall–Kier alpha value is -3.22. The van der Waals surface area contributed by atoms with Crippen LogP contribution in [0.2, 0.25) is 0 Å². The van der Waals surface area contributed by atoms with E-state index in [0.29, 0.717) is 29.7 Å². The van der Waals surface area contributed by atoms with Crippen molar-refractivity contribution in [3.05, 3.63) is 68.6 Å². The van der Waals surface area contributed by atoms with E-state index in [1.165, 1.54) is 11.0 Å². The summed E-state index contributed by atoms with van der Waals surface area (Å²) in [5.74, 6) is -2.55. The maximum Gasteiger partial charge on any atom is 0.312 e. The Bertz CT molecular complexity index is 1100. The molecule has 2 N–H and O–H groups in total. The molecule has 0 radical (unpaired) electrons. The molecule has 2 heterocycles. The molecule has 7 heteroatoms. The number of nitrogens with one attached hydrogen (secondary N) is 1. The predicted molar refractivity (Wildman–Crippen MR) is 105 cm³/mol. The zero-order chi connectivity index (χ0) is 20.9. The van der Waals surface area contributed by atoms with Gasteiger partial charge in [-0.2, -0.15) is 0 Å². The third kappa shape index (κ3) is 3.37. The number of nitrogens with zero attached hydrogens (tertiary/aromatic N) is 1. The second-order valence-electron chi connectivity index (χ2n) is 8.62. The molecule has 2 aromatic rings. The van der Waals surface area contributed by atoms with Crippen LogP contribution in [0.1, 0.15) is 63.7 Å². The topological polar surface area (TPSA) is 108 Å². The van der Waals surface area contributed by atoms with E-state index >= 15 is 0 Å². The second-order valence-corrected chi connectivity index (χ2v) is 8.62. The van der Waals surface area contributed by atoms with Gasteiger partial charge >= 0.3 is 5.97 Å². The lowest BCUT2D eigenvalue weighted by molar-refractivity contribution is -0.139. The average Bonchev–Trinajstić information content (AvgIpc) is 2.65. The summed E-state index contributed by atoms with van der Waals surface area (Å²) in [5.41, 5.74) is 1.43. The number of Topliss-reactive ketones (excluding diaryl/α,β-unsaturated/α-hetero) is 1. The minimum Gasteiger partial charge on any atom is -0.481 e. The van der Waals surface area contributed by atoms with Crippen molar-refractivity contribution < 1.29 is 19.5 Å². The average molecular weight is 394 g/mol.